The largest absolute Gasteiger partial charge is 0.350 e. The maximum atomic E-state index is 11.0. The zero-order valence-electron chi connectivity index (χ0n) is 9.23. The van der Waals surface area contributed by atoms with Gasteiger partial charge in [-0.25, -0.2) is 8.42 Å². The third-order valence-corrected chi connectivity index (χ3v) is 3.42. The van der Waals surface area contributed by atoms with E-state index in [0.717, 1.165) is 12.8 Å². The molecule has 0 saturated heterocycles. The number of hydrogen-bond donors (Lipinski definition) is 2. The molecule has 1 aromatic heterocycles. The number of rotatable bonds is 4. The van der Waals surface area contributed by atoms with Gasteiger partial charge in [-0.15, -0.1) is 5.10 Å². The minimum absolute atomic E-state index is 0.0909. The van der Waals surface area contributed by atoms with Crippen LogP contribution < -0.4 is 5.32 Å². The van der Waals surface area contributed by atoms with Gasteiger partial charge in [0.1, 0.15) is 11.6 Å². The molecule has 1 aromatic rings. The lowest BCUT2D eigenvalue weighted by molar-refractivity contribution is 0.599. The molecule has 0 bridgehead atoms. The van der Waals surface area contributed by atoms with Gasteiger partial charge in [-0.05, 0) is 12.8 Å². The van der Waals surface area contributed by atoms with Crippen molar-refractivity contribution < 1.29 is 8.42 Å². The topological polar surface area (TPSA) is 87.7 Å². The highest BCUT2D eigenvalue weighted by Crippen LogP contribution is 2.20. The summed E-state index contributed by atoms with van der Waals surface area (Å²) in [6.07, 6.45) is 5.92. The second kappa shape index (κ2) is 4.40. The average Bonchev–Trinajstić information content (AvgIpc) is 2.75. The van der Waals surface area contributed by atoms with Gasteiger partial charge in [-0.2, -0.15) is 4.98 Å². The van der Waals surface area contributed by atoms with Gasteiger partial charge in [-0.3, -0.25) is 5.10 Å². The molecule has 0 spiro atoms. The number of aromatic nitrogens is 3. The highest BCUT2D eigenvalue weighted by atomic mass is 32.2. The molecule has 0 atom stereocenters. The zero-order valence-corrected chi connectivity index (χ0v) is 10.0. The normalized spacial score (nSPS) is 17.8. The monoisotopic (exact) mass is 244 g/mol. The Morgan fingerprint density at radius 2 is 2.12 bits per heavy atom. The van der Waals surface area contributed by atoms with Crippen LogP contribution in [0.25, 0.3) is 0 Å². The number of anilines is 1. The summed E-state index contributed by atoms with van der Waals surface area (Å²) in [5.74, 6) is 0.806. The lowest BCUT2D eigenvalue weighted by Gasteiger charge is -2.08. The lowest BCUT2D eigenvalue weighted by Crippen LogP contribution is -2.15. The number of H-pyrrole nitrogens is 1. The fourth-order valence-corrected chi connectivity index (χ4v) is 2.55. The quantitative estimate of drug-likeness (QED) is 0.814. The Morgan fingerprint density at radius 3 is 2.75 bits per heavy atom. The van der Waals surface area contributed by atoms with Crippen molar-refractivity contribution in [3.8, 4) is 0 Å². The highest BCUT2D eigenvalue weighted by molar-refractivity contribution is 7.89. The van der Waals surface area contributed by atoms with Gasteiger partial charge in [0, 0.05) is 12.3 Å². The first kappa shape index (κ1) is 11.4. The van der Waals surface area contributed by atoms with Crippen LogP contribution in [0.2, 0.25) is 0 Å². The molecule has 1 heterocycles. The summed E-state index contributed by atoms with van der Waals surface area (Å²) in [7, 11) is -3.05. The number of nitrogens with one attached hydrogen (secondary N) is 2. The summed E-state index contributed by atoms with van der Waals surface area (Å²) in [4.78, 5) is 4.10. The van der Waals surface area contributed by atoms with Crippen LogP contribution in [0.15, 0.2) is 0 Å². The van der Waals surface area contributed by atoms with E-state index in [1.165, 1.54) is 19.1 Å². The predicted octanol–water partition coefficient (Wildman–Crippen LogP) is 0.704. The van der Waals surface area contributed by atoms with Crippen LogP contribution in [0.5, 0.6) is 0 Å². The molecule has 0 amide bonds. The van der Waals surface area contributed by atoms with E-state index >= 15 is 0 Å². The van der Waals surface area contributed by atoms with Crippen molar-refractivity contribution in [1.29, 1.82) is 0 Å². The van der Waals surface area contributed by atoms with Gasteiger partial charge in [0.25, 0.3) is 0 Å². The maximum Gasteiger partial charge on any atom is 0.242 e. The number of hydrogen-bond acceptors (Lipinski definition) is 5. The molecular formula is C9H16N4O2S. The summed E-state index contributed by atoms with van der Waals surface area (Å²) < 4.78 is 22.1. The molecule has 1 fully saturated rings. The second-order valence-electron chi connectivity index (χ2n) is 4.30. The van der Waals surface area contributed by atoms with Crippen molar-refractivity contribution >= 4 is 15.8 Å². The van der Waals surface area contributed by atoms with Crippen LogP contribution in [0.4, 0.5) is 5.95 Å². The fraction of sp³-hybridized carbons (Fsp3) is 0.778. The molecule has 0 aliphatic heterocycles. The first-order valence-electron chi connectivity index (χ1n) is 5.38. The van der Waals surface area contributed by atoms with Crippen molar-refractivity contribution in [2.45, 2.75) is 37.5 Å². The second-order valence-corrected chi connectivity index (χ2v) is 6.44. The molecule has 7 heteroatoms. The highest BCUT2D eigenvalue weighted by Gasteiger charge is 2.17. The predicted molar refractivity (Wildman–Crippen MR) is 60.8 cm³/mol. The smallest absolute Gasteiger partial charge is 0.242 e. The van der Waals surface area contributed by atoms with Crippen LogP contribution in [-0.2, 0) is 15.6 Å². The molecule has 6 nitrogen and oxygen atoms in total. The summed E-state index contributed by atoms with van der Waals surface area (Å²) in [6.45, 7) is 0. The Bertz CT molecular complexity index is 448. The third kappa shape index (κ3) is 3.19. The first-order valence-corrected chi connectivity index (χ1v) is 7.44. The molecule has 1 aliphatic rings. The summed E-state index contributed by atoms with van der Waals surface area (Å²) >= 11 is 0. The number of aromatic amines is 1. The molecule has 1 saturated carbocycles. The minimum atomic E-state index is -3.05. The standard InChI is InChI=1S/C9H16N4O2S/c1-16(14,15)6-8-11-9(13-12-8)10-7-4-2-3-5-7/h7H,2-6H2,1H3,(H2,10,11,12,13). The van der Waals surface area contributed by atoms with E-state index in [1.807, 2.05) is 0 Å². The molecular weight excluding hydrogens is 228 g/mol. The Balaban J connectivity index is 1.96. The van der Waals surface area contributed by atoms with Crippen molar-refractivity contribution in [2.24, 2.45) is 0 Å². The third-order valence-electron chi connectivity index (χ3n) is 2.62. The summed E-state index contributed by atoms with van der Waals surface area (Å²) in [6, 6.07) is 0.432. The molecule has 0 aromatic carbocycles. The van der Waals surface area contributed by atoms with E-state index < -0.39 is 9.84 Å². The van der Waals surface area contributed by atoms with E-state index in [1.54, 1.807) is 0 Å². The van der Waals surface area contributed by atoms with Crippen LogP contribution in [-0.4, -0.2) is 35.9 Å². The zero-order chi connectivity index (χ0) is 11.6. The molecule has 16 heavy (non-hydrogen) atoms. The van der Waals surface area contributed by atoms with Gasteiger partial charge < -0.3 is 5.32 Å². The van der Waals surface area contributed by atoms with Gasteiger partial charge in [0.05, 0.1) is 0 Å². The minimum Gasteiger partial charge on any atom is -0.350 e. The average molecular weight is 244 g/mol. The Morgan fingerprint density at radius 1 is 1.44 bits per heavy atom. The maximum absolute atomic E-state index is 11.0. The van der Waals surface area contributed by atoms with E-state index in [2.05, 4.69) is 20.5 Å². The Labute approximate surface area is 94.8 Å². The fourth-order valence-electron chi connectivity index (χ4n) is 1.93. The van der Waals surface area contributed by atoms with Gasteiger partial charge >= 0.3 is 0 Å². The first-order chi connectivity index (χ1) is 7.53. The van der Waals surface area contributed by atoms with Gasteiger partial charge in [-0.1, -0.05) is 12.8 Å². The van der Waals surface area contributed by atoms with Crippen molar-refractivity contribution in [3.05, 3.63) is 5.82 Å². The van der Waals surface area contributed by atoms with Crippen molar-refractivity contribution in [2.75, 3.05) is 11.6 Å². The number of nitrogens with zero attached hydrogens (tertiary/aromatic N) is 2. The molecule has 2 N–H and O–H groups in total. The molecule has 2 rings (SSSR count). The van der Waals surface area contributed by atoms with Crippen LogP contribution in [0, 0.1) is 0 Å². The van der Waals surface area contributed by atoms with Crippen LogP contribution in [0.3, 0.4) is 0 Å². The van der Waals surface area contributed by atoms with Crippen molar-refractivity contribution in [1.82, 2.24) is 15.2 Å². The Hall–Kier alpha value is -1.11. The summed E-state index contributed by atoms with van der Waals surface area (Å²) in [5.41, 5.74) is 0. The van der Waals surface area contributed by atoms with E-state index in [4.69, 9.17) is 0 Å². The van der Waals surface area contributed by atoms with Gasteiger partial charge in [0.15, 0.2) is 9.84 Å². The number of sulfone groups is 1. The van der Waals surface area contributed by atoms with Crippen LogP contribution >= 0.6 is 0 Å². The molecule has 0 unspecified atom stereocenters. The Kier molecular flexibility index (Phi) is 3.13. The van der Waals surface area contributed by atoms with E-state index in [0.29, 0.717) is 17.8 Å². The van der Waals surface area contributed by atoms with Gasteiger partial charge in [0.2, 0.25) is 5.95 Å². The molecule has 90 valence electrons. The SMILES string of the molecule is CS(=O)(=O)Cc1nc(NC2CCCC2)n[nH]1. The van der Waals surface area contributed by atoms with Crippen LogP contribution in [0.1, 0.15) is 31.5 Å². The molecule has 1 aliphatic carbocycles. The van der Waals surface area contributed by atoms with E-state index in [9.17, 15) is 8.42 Å². The molecule has 0 radical (unpaired) electrons. The lowest BCUT2D eigenvalue weighted by atomic mass is 10.3. The van der Waals surface area contributed by atoms with E-state index in [-0.39, 0.29) is 5.75 Å². The van der Waals surface area contributed by atoms with Crippen molar-refractivity contribution in [3.63, 3.8) is 0 Å². The summed E-state index contributed by atoms with van der Waals surface area (Å²) in [5, 5.41) is 9.78.